The second-order valence-corrected chi connectivity index (χ2v) is 3.50. The van der Waals surface area contributed by atoms with Crippen LogP contribution in [-0.2, 0) is 4.74 Å². The minimum absolute atomic E-state index is 0.453. The molecule has 10 heavy (non-hydrogen) atoms. The Morgan fingerprint density at radius 1 is 1.50 bits per heavy atom. The zero-order valence-electron chi connectivity index (χ0n) is 6.73. The van der Waals surface area contributed by atoms with Crippen molar-refractivity contribution in [3.05, 3.63) is 12.8 Å². The summed E-state index contributed by atoms with van der Waals surface area (Å²) in [6.07, 6.45) is 6.93. The largest absolute Gasteiger partial charge is 0.501 e. The van der Waals surface area contributed by atoms with Crippen molar-refractivity contribution in [1.29, 1.82) is 0 Å². The van der Waals surface area contributed by atoms with Gasteiger partial charge in [-0.05, 0) is 12.8 Å². The SMILES string of the molecule is C=COCC1(C)CCCC1. The van der Waals surface area contributed by atoms with Crippen molar-refractivity contribution in [3.8, 4) is 0 Å². The molecule has 1 aliphatic rings. The highest BCUT2D eigenvalue weighted by molar-refractivity contribution is 4.80. The van der Waals surface area contributed by atoms with Crippen LogP contribution >= 0.6 is 0 Å². The number of ether oxygens (including phenoxy) is 1. The molecule has 0 aromatic rings. The van der Waals surface area contributed by atoms with Crippen molar-refractivity contribution in [2.24, 2.45) is 5.41 Å². The molecule has 0 heterocycles. The molecule has 1 nitrogen and oxygen atoms in total. The third-order valence-electron chi connectivity index (χ3n) is 2.36. The monoisotopic (exact) mass is 140 g/mol. The lowest BCUT2D eigenvalue weighted by molar-refractivity contribution is 0.128. The highest BCUT2D eigenvalue weighted by Crippen LogP contribution is 2.37. The third kappa shape index (κ3) is 1.76. The van der Waals surface area contributed by atoms with E-state index in [0.29, 0.717) is 5.41 Å². The molecule has 0 aromatic heterocycles. The first-order chi connectivity index (χ1) is 4.77. The first kappa shape index (κ1) is 7.64. The molecule has 1 fully saturated rings. The van der Waals surface area contributed by atoms with Crippen LogP contribution in [-0.4, -0.2) is 6.61 Å². The van der Waals surface area contributed by atoms with Gasteiger partial charge in [0.05, 0.1) is 12.9 Å². The van der Waals surface area contributed by atoms with Gasteiger partial charge in [0, 0.05) is 5.41 Å². The highest BCUT2D eigenvalue weighted by Gasteiger charge is 2.28. The molecular formula is C9H16O. The highest BCUT2D eigenvalue weighted by atomic mass is 16.5. The van der Waals surface area contributed by atoms with Crippen LogP contribution in [0.15, 0.2) is 12.8 Å². The van der Waals surface area contributed by atoms with Gasteiger partial charge >= 0.3 is 0 Å². The van der Waals surface area contributed by atoms with Gasteiger partial charge in [0.2, 0.25) is 0 Å². The van der Waals surface area contributed by atoms with Gasteiger partial charge in [-0.15, -0.1) is 0 Å². The molecule has 58 valence electrons. The molecule has 0 unspecified atom stereocenters. The van der Waals surface area contributed by atoms with Crippen LogP contribution in [0.2, 0.25) is 0 Å². The van der Waals surface area contributed by atoms with E-state index in [1.54, 1.807) is 6.26 Å². The van der Waals surface area contributed by atoms with E-state index in [4.69, 9.17) is 4.74 Å². The van der Waals surface area contributed by atoms with Gasteiger partial charge in [-0.25, -0.2) is 0 Å². The molecule has 0 spiro atoms. The van der Waals surface area contributed by atoms with Gasteiger partial charge in [0.15, 0.2) is 0 Å². The van der Waals surface area contributed by atoms with Crippen molar-refractivity contribution in [2.45, 2.75) is 32.6 Å². The second-order valence-electron chi connectivity index (χ2n) is 3.50. The van der Waals surface area contributed by atoms with Gasteiger partial charge in [0.1, 0.15) is 0 Å². The van der Waals surface area contributed by atoms with Crippen molar-refractivity contribution in [1.82, 2.24) is 0 Å². The molecule has 0 amide bonds. The number of hydrogen-bond acceptors (Lipinski definition) is 1. The fraction of sp³-hybridized carbons (Fsp3) is 0.778. The Hall–Kier alpha value is -0.460. The molecule has 0 aliphatic heterocycles. The molecule has 1 heteroatoms. The van der Waals surface area contributed by atoms with Crippen LogP contribution in [0.4, 0.5) is 0 Å². The molecule has 0 bridgehead atoms. The van der Waals surface area contributed by atoms with Crippen LogP contribution in [0, 0.1) is 5.41 Å². The molecular weight excluding hydrogens is 124 g/mol. The zero-order chi connectivity index (χ0) is 7.45. The summed E-state index contributed by atoms with van der Waals surface area (Å²) in [5.41, 5.74) is 0.453. The lowest BCUT2D eigenvalue weighted by Gasteiger charge is -2.21. The lowest BCUT2D eigenvalue weighted by Crippen LogP contribution is -2.17. The normalized spacial score (nSPS) is 22.5. The summed E-state index contributed by atoms with van der Waals surface area (Å²) in [5.74, 6) is 0. The predicted octanol–water partition coefficient (Wildman–Crippen LogP) is 2.73. The average molecular weight is 140 g/mol. The first-order valence-corrected chi connectivity index (χ1v) is 3.99. The molecule has 0 atom stereocenters. The Labute approximate surface area is 63.1 Å². The van der Waals surface area contributed by atoms with Gasteiger partial charge in [0.25, 0.3) is 0 Å². The van der Waals surface area contributed by atoms with Crippen LogP contribution in [0.1, 0.15) is 32.6 Å². The molecule has 0 radical (unpaired) electrons. The van der Waals surface area contributed by atoms with Crippen LogP contribution in [0.3, 0.4) is 0 Å². The van der Waals surface area contributed by atoms with Crippen LogP contribution in [0.5, 0.6) is 0 Å². The Morgan fingerprint density at radius 2 is 2.10 bits per heavy atom. The van der Waals surface area contributed by atoms with E-state index < -0.39 is 0 Å². The summed E-state index contributed by atoms with van der Waals surface area (Å²) in [6, 6.07) is 0. The number of hydrogen-bond donors (Lipinski definition) is 0. The minimum atomic E-state index is 0.453. The third-order valence-corrected chi connectivity index (χ3v) is 2.36. The Bertz CT molecular complexity index is 112. The van der Waals surface area contributed by atoms with Gasteiger partial charge in [-0.3, -0.25) is 0 Å². The van der Waals surface area contributed by atoms with E-state index in [9.17, 15) is 0 Å². The summed E-state index contributed by atoms with van der Waals surface area (Å²) >= 11 is 0. The summed E-state index contributed by atoms with van der Waals surface area (Å²) in [5, 5.41) is 0. The van der Waals surface area contributed by atoms with E-state index in [2.05, 4.69) is 13.5 Å². The summed E-state index contributed by atoms with van der Waals surface area (Å²) in [4.78, 5) is 0. The van der Waals surface area contributed by atoms with Gasteiger partial charge < -0.3 is 4.74 Å². The maximum Gasteiger partial charge on any atom is 0.0926 e. The van der Waals surface area contributed by atoms with E-state index in [1.165, 1.54) is 25.7 Å². The zero-order valence-corrected chi connectivity index (χ0v) is 6.73. The number of rotatable bonds is 3. The summed E-state index contributed by atoms with van der Waals surface area (Å²) in [7, 11) is 0. The lowest BCUT2D eigenvalue weighted by atomic mass is 9.90. The Balaban J connectivity index is 2.28. The van der Waals surface area contributed by atoms with Crippen LogP contribution in [0.25, 0.3) is 0 Å². The van der Waals surface area contributed by atoms with Gasteiger partial charge in [-0.2, -0.15) is 0 Å². The first-order valence-electron chi connectivity index (χ1n) is 3.99. The van der Waals surface area contributed by atoms with E-state index >= 15 is 0 Å². The Morgan fingerprint density at radius 3 is 2.60 bits per heavy atom. The average Bonchev–Trinajstić information content (AvgIpc) is 2.33. The van der Waals surface area contributed by atoms with E-state index in [-0.39, 0.29) is 0 Å². The molecule has 0 N–H and O–H groups in total. The molecule has 1 saturated carbocycles. The maximum atomic E-state index is 5.18. The molecule has 1 aliphatic carbocycles. The second kappa shape index (κ2) is 3.09. The predicted molar refractivity (Wildman–Crippen MR) is 42.7 cm³/mol. The topological polar surface area (TPSA) is 9.23 Å². The summed E-state index contributed by atoms with van der Waals surface area (Å²) < 4.78 is 5.18. The van der Waals surface area contributed by atoms with E-state index in [0.717, 1.165) is 6.61 Å². The van der Waals surface area contributed by atoms with Gasteiger partial charge in [-0.1, -0.05) is 26.3 Å². The summed E-state index contributed by atoms with van der Waals surface area (Å²) in [6.45, 7) is 6.68. The fourth-order valence-corrected chi connectivity index (χ4v) is 1.63. The van der Waals surface area contributed by atoms with Crippen molar-refractivity contribution in [3.63, 3.8) is 0 Å². The molecule has 0 saturated heterocycles. The molecule has 1 rings (SSSR count). The fourth-order valence-electron chi connectivity index (χ4n) is 1.63. The van der Waals surface area contributed by atoms with Crippen molar-refractivity contribution >= 4 is 0 Å². The minimum Gasteiger partial charge on any atom is -0.501 e. The maximum absolute atomic E-state index is 5.18. The van der Waals surface area contributed by atoms with Crippen LogP contribution < -0.4 is 0 Å². The van der Waals surface area contributed by atoms with Crippen molar-refractivity contribution in [2.75, 3.05) is 6.61 Å². The standard InChI is InChI=1S/C9H16O/c1-3-10-8-9(2)6-4-5-7-9/h3H,1,4-8H2,2H3. The molecule has 0 aromatic carbocycles. The van der Waals surface area contributed by atoms with E-state index in [1.807, 2.05) is 0 Å². The Kier molecular flexibility index (Phi) is 2.36. The van der Waals surface area contributed by atoms with Crippen molar-refractivity contribution < 1.29 is 4.74 Å². The quantitative estimate of drug-likeness (QED) is 0.548. The smallest absolute Gasteiger partial charge is 0.0926 e.